The first kappa shape index (κ1) is 14.2. The molecule has 8 nitrogen and oxygen atoms in total. The summed E-state index contributed by atoms with van der Waals surface area (Å²) in [6.45, 7) is -0.599. The normalized spacial score (nSPS) is 19.3. The fourth-order valence-corrected chi connectivity index (χ4v) is 2.99. The van der Waals surface area contributed by atoms with Crippen molar-refractivity contribution in [2.45, 2.75) is 6.17 Å². The van der Waals surface area contributed by atoms with Gasteiger partial charge in [0.25, 0.3) is 5.91 Å². The number of aliphatic carboxylic acids is 1. The highest BCUT2D eigenvalue weighted by Crippen LogP contribution is 2.46. The molecule has 116 valence electrons. The number of benzene rings is 1. The molecule has 1 fully saturated rings. The lowest BCUT2D eigenvalue weighted by atomic mass is 10.1. The minimum Gasteiger partial charge on any atom is -0.493 e. The summed E-state index contributed by atoms with van der Waals surface area (Å²) in [6, 6.07) is 3.29. The third kappa shape index (κ3) is 1.80. The second-order valence-electron chi connectivity index (χ2n) is 4.99. The highest BCUT2D eigenvalue weighted by Gasteiger charge is 2.50. The Hall–Kier alpha value is -2.77. The topological polar surface area (TPSA) is 96.4 Å². The second kappa shape index (κ2) is 4.90. The summed E-state index contributed by atoms with van der Waals surface area (Å²) in [4.78, 5) is 38.0. The molecule has 0 spiro atoms. The molecule has 0 saturated carbocycles. The molecule has 0 unspecified atom stereocenters. The van der Waals surface area contributed by atoms with Gasteiger partial charge in [0.15, 0.2) is 11.5 Å². The van der Waals surface area contributed by atoms with Gasteiger partial charge in [0.1, 0.15) is 19.3 Å². The molecule has 0 radical (unpaired) electrons. The van der Waals surface area contributed by atoms with Gasteiger partial charge < -0.3 is 24.4 Å². The average Bonchev–Trinajstić information content (AvgIpc) is 2.94. The Bertz CT molecular complexity index is 686. The molecule has 8 heteroatoms. The van der Waals surface area contributed by atoms with E-state index in [1.807, 2.05) is 0 Å². The first-order valence-corrected chi connectivity index (χ1v) is 6.56. The number of hydrogen-bond acceptors (Lipinski definition) is 5. The van der Waals surface area contributed by atoms with Crippen LogP contribution in [0, 0.1) is 0 Å². The number of methoxy groups -OCH3 is 2. The quantitative estimate of drug-likeness (QED) is 0.846. The van der Waals surface area contributed by atoms with Crippen LogP contribution in [-0.4, -0.2) is 60.0 Å². The number of nitrogens with zero attached hydrogens (tertiary/aromatic N) is 2. The molecular weight excluding hydrogens is 292 g/mol. The third-order valence-corrected chi connectivity index (χ3v) is 3.85. The summed E-state index contributed by atoms with van der Waals surface area (Å²) in [5.74, 6) is -1.18. The number of carbonyl (C=O) groups is 3. The van der Waals surface area contributed by atoms with Gasteiger partial charge in [-0.05, 0) is 6.07 Å². The van der Waals surface area contributed by atoms with Gasteiger partial charge in [-0.15, -0.1) is 0 Å². The van der Waals surface area contributed by atoms with Crippen LogP contribution < -0.4 is 9.47 Å². The summed E-state index contributed by atoms with van der Waals surface area (Å²) in [5.41, 5.74) is 0.865. The molecule has 2 aliphatic rings. The summed E-state index contributed by atoms with van der Waals surface area (Å²) in [5, 5.41) is 8.97. The molecule has 0 bridgehead atoms. The molecule has 2 amide bonds. The van der Waals surface area contributed by atoms with Gasteiger partial charge in [-0.1, -0.05) is 6.07 Å². The number of hydrogen-bond donors (Lipinski definition) is 1. The van der Waals surface area contributed by atoms with Crippen LogP contribution in [0.2, 0.25) is 0 Å². The largest absolute Gasteiger partial charge is 0.493 e. The standard InChI is InChI=1S/C14H14N2O6/c1-21-8-4-3-7-11(12(8)22-2)14(20)16-5-9(17)15(13(7)16)6-10(18)19/h3-4,13H,5-6H2,1-2H3,(H,18,19)/t13-/m1/s1. The zero-order valence-electron chi connectivity index (χ0n) is 12.0. The predicted molar refractivity (Wildman–Crippen MR) is 72.7 cm³/mol. The Morgan fingerprint density at radius 1 is 1.32 bits per heavy atom. The van der Waals surface area contributed by atoms with E-state index in [1.165, 1.54) is 24.0 Å². The van der Waals surface area contributed by atoms with E-state index in [4.69, 9.17) is 14.6 Å². The van der Waals surface area contributed by atoms with Crippen molar-refractivity contribution in [3.8, 4) is 11.5 Å². The van der Waals surface area contributed by atoms with Crippen LogP contribution in [0.15, 0.2) is 12.1 Å². The molecule has 2 heterocycles. The number of fused-ring (bicyclic) bond motifs is 3. The van der Waals surface area contributed by atoms with Crippen LogP contribution in [0.1, 0.15) is 22.1 Å². The smallest absolute Gasteiger partial charge is 0.323 e. The fourth-order valence-electron chi connectivity index (χ4n) is 2.99. The van der Waals surface area contributed by atoms with Crippen LogP contribution in [-0.2, 0) is 9.59 Å². The molecule has 3 rings (SSSR count). The van der Waals surface area contributed by atoms with E-state index in [9.17, 15) is 14.4 Å². The lowest BCUT2D eigenvalue weighted by Gasteiger charge is -2.23. The van der Waals surface area contributed by atoms with E-state index in [2.05, 4.69) is 0 Å². The summed E-state index contributed by atoms with van der Waals surface area (Å²) < 4.78 is 10.4. The van der Waals surface area contributed by atoms with Gasteiger partial charge in [0, 0.05) is 5.56 Å². The van der Waals surface area contributed by atoms with E-state index >= 15 is 0 Å². The minimum absolute atomic E-state index is 0.142. The van der Waals surface area contributed by atoms with Crippen LogP contribution in [0.5, 0.6) is 11.5 Å². The van der Waals surface area contributed by atoms with Gasteiger partial charge in [-0.25, -0.2) is 0 Å². The molecule has 1 aromatic rings. The van der Waals surface area contributed by atoms with E-state index in [1.54, 1.807) is 12.1 Å². The van der Waals surface area contributed by atoms with E-state index < -0.39 is 18.7 Å². The maximum atomic E-state index is 12.6. The number of carboxylic acids is 1. The van der Waals surface area contributed by atoms with Crippen molar-refractivity contribution < 1.29 is 29.0 Å². The third-order valence-electron chi connectivity index (χ3n) is 3.85. The van der Waals surface area contributed by atoms with E-state index in [-0.39, 0.29) is 18.4 Å². The average molecular weight is 306 g/mol. The molecule has 0 aromatic heterocycles. The maximum Gasteiger partial charge on any atom is 0.323 e. The van der Waals surface area contributed by atoms with Crippen LogP contribution in [0.4, 0.5) is 0 Å². The molecule has 1 aromatic carbocycles. The van der Waals surface area contributed by atoms with Crippen molar-refractivity contribution in [1.82, 2.24) is 9.80 Å². The second-order valence-corrected chi connectivity index (χ2v) is 4.99. The minimum atomic E-state index is -1.13. The molecule has 0 aliphatic carbocycles. The number of ether oxygens (including phenoxy) is 2. The monoisotopic (exact) mass is 306 g/mol. The first-order valence-electron chi connectivity index (χ1n) is 6.56. The summed E-state index contributed by atoms with van der Waals surface area (Å²) in [7, 11) is 2.89. The Morgan fingerprint density at radius 2 is 2.05 bits per heavy atom. The highest BCUT2D eigenvalue weighted by molar-refractivity contribution is 6.06. The van der Waals surface area contributed by atoms with E-state index in [0.29, 0.717) is 22.6 Å². The number of carbonyl (C=O) groups excluding carboxylic acids is 2. The lowest BCUT2D eigenvalue weighted by Crippen LogP contribution is -2.34. The SMILES string of the molecule is COc1ccc2c(c1OC)C(=O)N1CC(=O)N(CC(=O)O)[C@@H]21. The van der Waals surface area contributed by atoms with Crippen molar-refractivity contribution in [2.24, 2.45) is 0 Å². The zero-order chi connectivity index (χ0) is 16.0. The lowest BCUT2D eigenvalue weighted by molar-refractivity contribution is -0.143. The number of carboxylic acid groups (broad SMARTS) is 1. The van der Waals surface area contributed by atoms with Crippen molar-refractivity contribution in [3.63, 3.8) is 0 Å². The van der Waals surface area contributed by atoms with E-state index in [0.717, 1.165) is 0 Å². The number of rotatable bonds is 4. The predicted octanol–water partition coefficient (Wildman–Crippen LogP) is 0.0850. The van der Waals surface area contributed by atoms with Crippen LogP contribution >= 0.6 is 0 Å². The molecule has 1 atom stereocenters. The maximum absolute atomic E-state index is 12.6. The van der Waals surface area contributed by atoms with Crippen molar-refractivity contribution in [1.29, 1.82) is 0 Å². The van der Waals surface area contributed by atoms with Gasteiger partial charge in [-0.2, -0.15) is 0 Å². The summed E-state index contributed by atoms with van der Waals surface area (Å²) >= 11 is 0. The van der Waals surface area contributed by atoms with Gasteiger partial charge in [0.2, 0.25) is 5.91 Å². The Balaban J connectivity index is 2.12. The molecular formula is C14H14N2O6. The number of amides is 2. The Morgan fingerprint density at radius 3 is 2.64 bits per heavy atom. The van der Waals surface area contributed by atoms with Crippen LogP contribution in [0.3, 0.4) is 0 Å². The molecule has 1 saturated heterocycles. The Kier molecular flexibility index (Phi) is 3.16. The Labute approximate surface area is 125 Å². The zero-order valence-corrected chi connectivity index (χ0v) is 12.0. The van der Waals surface area contributed by atoms with Crippen LogP contribution in [0.25, 0.3) is 0 Å². The summed E-state index contributed by atoms with van der Waals surface area (Å²) in [6.07, 6.45) is -0.703. The van der Waals surface area contributed by atoms with Gasteiger partial charge in [-0.3, -0.25) is 14.4 Å². The highest BCUT2D eigenvalue weighted by atomic mass is 16.5. The van der Waals surface area contributed by atoms with Crippen molar-refractivity contribution in [2.75, 3.05) is 27.3 Å². The molecule has 22 heavy (non-hydrogen) atoms. The van der Waals surface area contributed by atoms with Crippen molar-refractivity contribution in [3.05, 3.63) is 23.3 Å². The van der Waals surface area contributed by atoms with Crippen molar-refractivity contribution >= 4 is 17.8 Å². The molecule has 1 N–H and O–H groups in total. The van der Waals surface area contributed by atoms with Gasteiger partial charge in [0.05, 0.1) is 19.8 Å². The molecule has 2 aliphatic heterocycles. The first-order chi connectivity index (χ1) is 10.5. The van der Waals surface area contributed by atoms with Gasteiger partial charge >= 0.3 is 5.97 Å². The fraction of sp³-hybridized carbons (Fsp3) is 0.357.